The lowest BCUT2D eigenvalue weighted by Crippen LogP contribution is -2.37. The Hall–Kier alpha value is -3.48. The van der Waals surface area contributed by atoms with Gasteiger partial charge in [-0.25, -0.2) is 4.98 Å². The number of H-pyrrole nitrogens is 1. The Morgan fingerprint density at radius 2 is 1.97 bits per heavy atom. The molecule has 1 fully saturated rings. The summed E-state index contributed by atoms with van der Waals surface area (Å²) in [5.74, 6) is 2.78. The number of rotatable bonds is 11. The maximum Gasteiger partial charge on any atom is 0.222 e. The van der Waals surface area contributed by atoms with Crippen LogP contribution in [0.25, 0.3) is 21.9 Å². The van der Waals surface area contributed by atoms with Gasteiger partial charge in [0.25, 0.3) is 0 Å². The molecule has 3 N–H and O–H groups in total. The number of carbonyl (C=O) groups excluding carboxylic acids is 1. The highest BCUT2D eigenvalue weighted by molar-refractivity contribution is 5.86. The average molecular weight is 530 g/mol. The van der Waals surface area contributed by atoms with Crippen LogP contribution < -0.4 is 10.5 Å². The van der Waals surface area contributed by atoms with Gasteiger partial charge in [0.1, 0.15) is 11.5 Å². The first kappa shape index (κ1) is 27.1. The smallest absolute Gasteiger partial charge is 0.222 e. The van der Waals surface area contributed by atoms with E-state index in [1.807, 2.05) is 54.5 Å². The van der Waals surface area contributed by atoms with Crippen LogP contribution in [0.3, 0.4) is 0 Å². The summed E-state index contributed by atoms with van der Waals surface area (Å²) in [5.41, 5.74) is 9.48. The number of benzene rings is 2. The van der Waals surface area contributed by atoms with E-state index in [0.29, 0.717) is 24.3 Å². The number of fused-ring (bicyclic) bond motifs is 2. The third kappa shape index (κ3) is 5.77. The molecule has 0 saturated heterocycles. The van der Waals surface area contributed by atoms with E-state index >= 15 is 0 Å². The van der Waals surface area contributed by atoms with Crippen molar-refractivity contribution in [1.29, 1.82) is 0 Å². The van der Waals surface area contributed by atoms with Gasteiger partial charge in [0, 0.05) is 48.7 Å². The zero-order chi connectivity index (χ0) is 27.4. The maximum atomic E-state index is 13.3. The largest absolute Gasteiger partial charge is 0.457 e. The Labute approximate surface area is 231 Å². The Bertz CT molecular complexity index is 1400. The van der Waals surface area contributed by atoms with Crippen molar-refractivity contribution in [3.8, 4) is 11.5 Å². The van der Waals surface area contributed by atoms with Gasteiger partial charge in [-0.1, -0.05) is 45.6 Å². The van der Waals surface area contributed by atoms with E-state index < -0.39 is 0 Å². The molecule has 5 rings (SSSR count). The first-order valence-corrected chi connectivity index (χ1v) is 14.8. The van der Waals surface area contributed by atoms with Crippen molar-refractivity contribution in [2.24, 2.45) is 5.92 Å². The van der Waals surface area contributed by atoms with Gasteiger partial charge in [-0.2, -0.15) is 0 Å². The number of anilines is 1. The standard InChI is InChI=1S/C32H43N5O2/c1-4-10-23(5-2)36(3)31(38)18-17-28(22-11-7-6-8-12-22)37-29-21-24(15-16-27(29)35-32(37)33)39-30-14-9-13-26-25(30)19-20-34-26/h9,13-16,19-23,28,34H,4-8,10-12,17-18H2,1-3H3,(H2,33,35). The Kier molecular flexibility index (Phi) is 8.44. The third-order valence-electron chi connectivity index (χ3n) is 8.68. The molecule has 4 aromatic rings. The number of nitrogens with two attached hydrogens (primary N) is 1. The second kappa shape index (κ2) is 12.1. The van der Waals surface area contributed by atoms with Gasteiger partial charge in [-0.15, -0.1) is 0 Å². The zero-order valence-electron chi connectivity index (χ0n) is 23.7. The molecule has 2 heterocycles. The minimum Gasteiger partial charge on any atom is -0.457 e. The van der Waals surface area contributed by atoms with Crippen LogP contribution in [0, 0.1) is 5.92 Å². The lowest BCUT2D eigenvalue weighted by Gasteiger charge is -2.33. The van der Waals surface area contributed by atoms with Crippen molar-refractivity contribution in [1.82, 2.24) is 19.4 Å². The minimum atomic E-state index is 0.127. The maximum absolute atomic E-state index is 13.3. The predicted molar refractivity (Wildman–Crippen MR) is 159 cm³/mol. The number of hydrogen-bond donors (Lipinski definition) is 2. The zero-order valence-corrected chi connectivity index (χ0v) is 23.7. The van der Waals surface area contributed by atoms with Crippen molar-refractivity contribution in [3.63, 3.8) is 0 Å². The summed E-state index contributed by atoms with van der Waals surface area (Å²) < 4.78 is 8.58. The van der Waals surface area contributed by atoms with Crippen LogP contribution in [-0.2, 0) is 4.79 Å². The molecule has 0 aliphatic heterocycles. The SMILES string of the molecule is CCCC(CC)N(C)C(=O)CCC(C1CCCCC1)n1c(N)nc2ccc(Oc3cccc4[nH]ccc34)cc21. The predicted octanol–water partition coefficient (Wildman–Crippen LogP) is 7.83. The van der Waals surface area contributed by atoms with E-state index in [0.717, 1.165) is 72.0 Å². The molecule has 2 aromatic heterocycles. The van der Waals surface area contributed by atoms with Gasteiger partial charge in [0.05, 0.1) is 11.0 Å². The summed E-state index contributed by atoms with van der Waals surface area (Å²) in [6, 6.07) is 14.5. The Morgan fingerprint density at radius 1 is 1.15 bits per heavy atom. The van der Waals surface area contributed by atoms with Crippen LogP contribution in [0.2, 0.25) is 0 Å². The molecule has 1 aliphatic rings. The normalized spacial score (nSPS) is 16.0. The molecule has 2 unspecified atom stereocenters. The molecule has 2 atom stereocenters. The van der Waals surface area contributed by atoms with Gasteiger partial charge in [-0.05, 0) is 68.4 Å². The van der Waals surface area contributed by atoms with E-state index in [1.54, 1.807) is 0 Å². The monoisotopic (exact) mass is 529 g/mol. The summed E-state index contributed by atoms with van der Waals surface area (Å²) in [4.78, 5) is 23.3. The van der Waals surface area contributed by atoms with Crippen LogP contribution in [-0.4, -0.2) is 38.4 Å². The van der Waals surface area contributed by atoms with Gasteiger partial charge in [0.2, 0.25) is 11.9 Å². The molecule has 1 aliphatic carbocycles. The fourth-order valence-corrected chi connectivity index (χ4v) is 6.53. The molecule has 0 radical (unpaired) electrons. The van der Waals surface area contributed by atoms with Gasteiger partial charge in [-0.3, -0.25) is 4.79 Å². The fourth-order valence-electron chi connectivity index (χ4n) is 6.53. The summed E-state index contributed by atoms with van der Waals surface area (Å²) in [6.45, 7) is 4.35. The number of ether oxygens (including phenoxy) is 1. The quantitative estimate of drug-likeness (QED) is 0.207. The number of hydrogen-bond acceptors (Lipinski definition) is 4. The lowest BCUT2D eigenvalue weighted by atomic mass is 9.82. The van der Waals surface area contributed by atoms with E-state index in [2.05, 4.69) is 29.5 Å². The molecule has 208 valence electrons. The van der Waals surface area contributed by atoms with Crippen LogP contribution in [0.1, 0.15) is 84.1 Å². The molecular formula is C32H43N5O2. The number of nitrogens with zero attached hydrogens (tertiary/aromatic N) is 3. The third-order valence-corrected chi connectivity index (χ3v) is 8.68. The van der Waals surface area contributed by atoms with Gasteiger partial charge < -0.3 is 24.9 Å². The average Bonchev–Trinajstić information content (AvgIpc) is 3.57. The number of nitrogen functional groups attached to an aromatic ring is 1. The molecule has 39 heavy (non-hydrogen) atoms. The summed E-state index contributed by atoms with van der Waals surface area (Å²) in [5, 5.41) is 1.04. The van der Waals surface area contributed by atoms with Crippen molar-refractivity contribution in [2.45, 2.75) is 90.1 Å². The number of aromatic nitrogens is 3. The van der Waals surface area contributed by atoms with Crippen molar-refractivity contribution < 1.29 is 9.53 Å². The highest BCUT2D eigenvalue weighted by Crippen LogP contribution is 2.40. The molecule has 0 bridgehead atoms. The molecule has 1 saturated carbocycles. The van der Waals surface area contributed by atoms with E-state index in [-0.39, 0.29) is 11.9 Å². The minimum absolute atomic E-state index is 0.127. The van der Waals surface area contributed by atoms with Crippen LogP contribution in [0.5, 0.6) is 11.5 Å². The molecule has 7 heteroatoms. The topological polar surface area (TPSA) is 89.2 Å². The van der Waals surface area contributed by atoms with Gasteiger partial charge in [0.15, 0.2) is 0 Å². The first-order valence-electron chi connectivity index (χ1n) is 14.8. The van der Waals surface area contributed by atoms with Crippen LogP contribution in [0.15, 0.2) is 48.7 Å². The molecular weight excluding hydrogens is 486 g/mol. The van der Waals surface area contributed by atoms with E-state index in [1.165, 1.54) is 19.3 Å². The fraction of sp³-hybridized carbons (Fsp3) is 0.500. The summed E-state index contributed by atoms with van der Waals surface area (Å²) >= 11 is 0. The Morgan fingerprint density at radius 3 is 2.74 bits per heavy atom. The number of aromatic amines is 1. The summed E-state index contributed by atoms with van der Waals surface area (Å²) in [6.07, 6.45) is 12.4. The molecule has 2 aromatic carbocycles. The molecule has 0 spiro atoms. The molecule has 7 nitrogen and oxygen atoms in total. The van der Waals surface area contributed by atoms with Crippen LogP contribution >= 0.6 is 0 Å². The highest BCUT2D eigenvalue weighted by atomic mass is 16.5. The summed E-state index contributed by atoms with van der Waals surface area (Å²) in [7, 11) is 1.97. The second-order valence-electron chi connectivity index (χ2n) is 11.1. The van der Waals surface area contributed by atoms with Crippen molar-refractivity contribution in [2.75, 3.05) is 12.8 Å². The number of carbonyl (C=O) groups is 1. The van der Waals surface area contributed by atoms with Crippen molar-refractivity contribution >= 4 is 33.8 Å². The number of amides is 1. The number of imidazole rings is 1. The first-order chi connectivity index (χ1) is 19.0. The van der Waals surface area contributed by atoms with Crippen LogP contribution in [0.4, 0.5) is 5.95 Å². The molecule has 1 amide bonds. The van der Waals surface area contributed by atoms with Gasteiger partial charge >= 0.3 is 0 Å². The Balaban J connectivity index is 1.44. The lowest BCUT2D eigenvalue weighted by molar-refractivity contribution is -0.132. The van der Waals surface area contributed by atoms with Crippen molar-refractivity contribution in [3.05, 3.63) is 48.7 Å². The second-order valence-corrected chi connectivity index (χ2v) is 11.1. The van der Waals surface area contributed by atoms with E-state index in [9.17, 15) is 4.79 Å². The highest BCUT2D eigenvalue weighted by Gasteiger charge is 2.30. The van der Waals surface area contributed by atoms with E-state index in [4.69, 9.17) is 15.5 Å². The number of nitrogens with one attached hydrogen (secondary N) is 1.